The Kier molecular flexibility index (Phi) is 4.75. The standard InChI is InChI=1S/C15H24N2O2/c1-4-13(5-2)17-8-6-12(16-17)10-14(18)15-11(3)7-9-19-15/h6,8,11,13,15H,4-5,7,9-10H2,1-3H3. The molecule has 2 rings (SSSR count). The average Bonchev–Trinajstić information content (AvgIpc) is 3.00. The predicted octanol–water partition coefficient (Wildman–Crippen LogP) is 2.78. The maximum absolute atomic E-state index is 12.2. The summed E-state index contributed by atoms with van der Waals surface area (Å²) in [4.78, 5) is 12.2. The van der Waals surface area contributed by atoms with Gasteiger partial charge in [0, 0.05) is 12.8 Å². The fraction of sp³-hybridized carbons (Fsp3) is 0.733. The molecule has 0 amide bonds. The van der Waals surface area contributed by atoms with E-state index < -0.39 is 0 Å². The van der Waals surface area contributed by atoms with Crippen molar-refractivity contribution in [1.82, 2.24) is 9.78 Å². The lowest BCUT2D eigenvalue weighted by Crippen LogP contribution is -2.27. The minimum atomic E-state index is -0.224. The van der Waals surface area contributed by atoms with E-state index in [0.29, 0.717) is 25.0 Å². The summed E-state index contributed by atoms with van der Waals surface area (Å²) in [6, 6.07) is 2.39. The van der Waals surface area contributed by atoms with Crippen LogP contribution in [0, 0.1) is 5.92 Å². The van der Waals surface area contributed by atoms with E-state index in [1.807, 2.05) is 16.9 Å². The van der Waals surface area contributed by atoms with Crippen LogP contribution in [-0.2, 0) is 16.0 Å². The Balaban J connectivity index is 1.98. The van der Waals surface area contributed by atoms with E-state index in [0.717, 1.165) is 25.0 Å². The van der Waals surface area contributed by atoms with E-state index >= 15 is 0 Å². The van der Waals surface area contributed by atoms with E-state index in [1.165, 1.54) is 0 Å². The monoisotopic (exact) mass is 264 g/mol. The summed E-state index contributed by atoms with van der Waals surface area (Å²) in [5, 5.41) is 4.53. The zero-order valence-corrected chi connectivity index (χ0v) is 12.1. The quantitative estimate of drug-likeness (QED) is 0.793. The fourth-order valence-electron chi connectivity index (χ4n) is 2.72. The van der Waals surface area contributed by atoms with Gasteiger partial charge in [0.25, 0.3) is 0 Å². The second-order valence-corrected chi connectivity index (χ2v) is 5.46. The Morgan fingerprint density at radius 1 is 1.53 bits per heavy atom. The Morgan fingerprint density at radius 3 is 2.84 bits per heavy atom. The van der Waals surface area contributed by atoms with E-state index in [9.17, 15) is 4.79 Å². The lowest BCUT2D eigenvalue weighted by molar-refractivity contribution is -0.128. The summed E-state index contributed by atoms with van der Waals surface area (Å²) < 4.78 is 7.50. The summed E-state index contributed by atoms with van der Waals surface area (Å²) in [5.74, 6) is 0.508. The Morgan fingerprint density at radius 2 is 2.26 bits per heavy atom. The van der Waals surface area contributed by atoms with Gasteiger partial charge in [0.2, 0.25) is 0 Å². The first-order valence-electron chi connectivity index (χ1n) is 7.34. The number of aromatic nitrogens is 2. The van der Waals surface area contributed by atoms with Gasteiger partial charge in [-0.15, -0.1) is 0 Å². The minimum Gasteiger partial charge on any atom is -0.370 e. The number of hydrogen-bond acceptors (Lipinski definition) is 3. The molecule has 0 aliphatic carbocycles. The van der Waals surface area contributed by atoms with Gasteiger partial charge in [0.15, 0.2) is 5.78 Å². The van der Waals surface area contributed by atoms with Crippen LogP contribution in [-0.4, -0.2) is 28.3 Å². The van der Waals surface area contributed by atoms with Crippen molar-refractivity contribution in [1.29, 1.82) is 0 Å². The molecule has 1 saturated heterocycles. The summed E-state index contributed by atoms with van der Waals surface area (Å²) in [6.07, 6.45) is 5.26. The lowest BCUT2D eigenvalue weighted by atomic mass is 9.98. The SMILES string of the molecule is CCC(CC)n1ccc(CC(=O)C2OCCC2C)n1. The first-order valence-corrected chi connectivity index (χ1v) is 7.34. The highest BCUT2D eigenvalue weighted by Gasteiger charge is 2.30. The van der Waals surface area contributed by atoms with Gasteiger partial charge in [-0.25, -0.2) is 0 Å². The van der Waals surface area contributed by atoms with Crippen LogP contribution in [0.25, 0.3) is 0 Å². The number of nitrogens with zero attached hydrogens (tertiary/aromatic N) is 2. The molecule has 2 heterocycles. The number of Topliss-reactive ketones (excluding diaryl/α,β-unsaturated/α-hetero) is 1. The van der Waals surface area contributed by atoms with Crippen LogP contribution in [0.4, 0.5) is 0 Å². The maximum Gasteiger partial charge on any atom is 0.167 e. The minimum absolute atomic E-state index is 0.166. The molecule has 1 aliphatic rings. The number of rotatable bonds is 6. The third kappa shape index (κ3) is 3.24. The fourth-order valence-corrected chi connectivity index (χ4v) is 2.72. The second kappa shape index (κ2) is 6.33. The van der Waals surface area contributed by atoms with Gasteiger partial charge in [-0.05, 0) is 31.2 Å². The van der Waals surface area contributed by atoms with Crippen molar-refractivity contribution in [2.24, 2.45) is 5.92 Å². The van der Waals surface area contributed by atoms with Crippen LogP contribution in [0.3, 0.4) is 0 Å². The molecule has 0 saturated carbocycles. The molecule has 19 heavy (non-hydrogen) atoms. The highest BCUT2D eigenvalue weighted by atomic mass is 16.5. The smallest absolute Gasteiger partial charge is 0.167 e. The third-order valence-corrected chi connectivity index (χ3v) is 4.04. The average molecular weight is 264 g/mol. The van der Waals surface area contributed by atoms with Gasteiger partial charge >= 0.3 is 0 Å². The van der Waals surface area contributed by atoms with Gasteiger partial charge in [-0.1, -0.05) is 20.8 Å². The molecule has 0 N–H and O–H groups in total. The van der Waals surface area contributed by atoms with Crippen LogP contribution >= 0.6 is 0 Å². The lowest BCUT2D eigenvalue weighted by Gasteiger charge is -2.13. The molecule has 0 aromatic carbocycles. The maximum atomic E-state index is 12.2. The third-order valence-electron chi connectivity index (χ3n) is 4.04. The Bertz CT molecular complexity index is 424. The predicted molar refractivity (Wildman–Crippen MR) is 74.1 cm³/mol. The molecule has 1 aromatic heterocycles. The molecule has 0 bridgehead atoms. The number of ketones is 1. The first kappa shape index (κ1) is 14.3. The molecular weight excluding hydrogens is 240 g/mol. The Hall–Kier alpha value is -1.16. The highest BCUT2D eigenvalue weighted by molar-refractivity contribution is 5.85. The zero-order valence-electron chi connectivity index (χ0n) is 12.1. The second-order valence-electron chi connectivity index (χ2n) is 5.46. The van der Waals surface area contributed by atoms with Crippen LogP contribution < -0.4 is 0 Å². The van der Waals surface area contributed by atoms with E-state index in [-0.39, 0.29) is 11.9 Å². The Labute approximate surface area is 115 Å². The van der Waals surface area contributed by atoms with Gasteiger partial charge < -0.3 is 4.74 Å². The summed E-state index contributed by atoms with van der Waals surface area (Å²) >= 11 is 0. The van der Waals surface area contributed by atoms with Gasteiger partial charge in [-0.2, -0.15) is 5.10 Å². The van der Waals surface area contributed by atoms with Crippen molar-refractivity contribution >= 4 is 5.78 Å². The number of hydrogen-bond donors (Lipinski definition) is 0. The molecule has 2 atom stereocenters. The topological polar surface area (TPSA) is 44.1 Å². The van der Waals surface area contributed by atoms with Crippen molar-refractivity contribution in [3.05, 3.63) is 18.0 Å². The molecule has 4 nitrogen and oxygen atoms in total. The van der Waals surface area contributed by atoms with Crippen LogP contribution in [0.1, 0.15) is 51.8 Å². The molecule has 0 spiro atoms. The largest absolute Gasteiger partial charge is 0.370 e. The molecule has 4 heteroatoms. The number of carbonyl (C=O) groups excluding carboxylic acids is 1. The van der Waals surface area contributed by atoms with Crippen molar-refractivity contribution in [2.45, 2.75) is 58.6 Å². The van der Waals surface area contributed by atoms with Crippen molar-refractivity contribution in [2.75, 3.05) is 6.61 Å². The van der Waals surface area contributed by atoms with Crippen molar-refractivity contribution in [3.63, 3.8) is 0 Å². The number of ether oxygens (including phenoxy) is 1. The van der Waals surface area contributed by atoms with E-state index in [4.69, 9.17) is 4.74 Å². The summed E-state index contributed by atoms with van der Waals surface area (Å²) in [5.41, 5.74) is 0.861. The van der Waals surface area contributed by atoms with Crippen molar-refractivity contribution in [3.8, 4) is 0 Å². The molecule has 1 fully saturated rings. The van der Waals surface area contributed by atoms with Gasteiger partial charge in [0.1, 0.15) is 6.10 Å². The molecule has 0 radical (unpaired) electrons. The molecule has 2 unspecified atom stereocenters. The van der Waals surface area contributed by atoms with Gasteiger partial charge in [-0.3, -0.25) is 9.48 Å². The zero-order chi connectivity index (χ0) is 13.8. The highest BCUT2D eigenvalue weighted by Crippen LogP contribution is 2.22. The molecule has 106 valence electrons. The van der Waals surface area contributed by atoms with Crippen molar-refractivity contribution < 1.29 is 9.53 Å². The molecular formula is C15H24N2O2. The number of carbonyl (C=O) groups is 1. The van der Waals surface area contributed by atoms with E-state index in [1.54, 1.807) is 0 Å². The normalized spacial score (nSPS) is 23.2. The van der Waals surface area contributed by atoms with Crippen LogP contribution in [0.5, 0.6) is 0 Å². The summed E-state index contributed by atoms with van der Waals surface area (Å²) in [7, 11) is 0. The van der Waals surface area contributed by atoms with Crippen LogP contribution in [0.2, 0.25) is 0 Å². The molecule has 1 aliphatic heterocycles. The van der Waals surface area contributed by atoms with E-state index in [2.05, 4.69) is 25.9 Å². The van der Waals surface area contributed by atoms with Gasteiger partial charge in [0.05, 0.1) is 18.2 Å². The molecule has 1 aromatic rings. The summed E-state index contributed by atoms with van der Waals surface area (Å²) in [6.45, 7) is 7.11. The first-order chi connectivity index (χ1) is 9.15. The van der Waals surface area contributed by atoms with Crippen LogP contribution in [0.15, 0.2) is 12.3 Å².